The molecular weight excluding hydrogens is 288 g/mol. The van der Waals surface area contributed by atoms with Gasteiger partial charge in [0, 0.05) is 25.3 Å². The Morgan fingerprint density at radius 1 is 1.29 bits per heavy atom. The monoisotopic (exact) mass is 318 g/mol. The van der Waals surface area contributed by atoms with Crippen molar-refractivity contribution in [2.75, 3.05) is 31.6 Å². The molecule has 1 N–H and O–H groups in total. The van der Waals surface area contributed by atoms with Gasteiger partial charge in [-0.25, -0.2) is 8.42 Å². The van der Waals surface area contributed by atoms with Crippen molar-refractivity contribution < 1.29 is 13.2 Å². The Morgan fingerprint density at radius 3 is 2.38 bits per heavy atom. The van der Waals surface area contributed by atoms with Gasteiger partial charge < -0.3 is 10.2 Å². The Hall–Kier alpha value is -0.620. The van der Waals surface area contributed by atoms with E-state index >= 15 is 0 Å². The number of nitrogens with zero attached hydrogens (tertiary/aromatic N) is 1. The van der Waals surface area contributed by atoms with Gasteiger partial charge in [-0.15, -0.1) is 0 Å². The number of carbonyl (C=O) groups is 1. The van der Waals surface area contributed by atoms with Gasteiger partial charge in [0.05, 0.1) is 5.75 Å². The average molecular weight is 318 g/mol. The van der Waals surface area contributed by atoms with E-state index in [0.717, 1.165) is 25.9 Å². The number of hydrogen-bond donors (Lipinski definition) is 1. The molecule has 1 rings (SSSR count). The fraction of sp³-hybridized carbons (Fsp3) is 0.933. The summed E-state index contributed by atoms with van der Waals surface area (Å²) < 4.78 is 23.3. The number of carbonyl (C=O) groups excluding carboxylic acids is 1. The lowest BCUT2D eigenvalue weighted by molar-refractivity contribution is -0.132. The largest absolute Gasteiger partial charge is 0.342 e. The van der Waals surface area contributed by atoms with E-state index in [1.165, 1.54) is 0 Å². The van der Waals surface area contributed by atoms with E-state index in [9.17, 15) is 13.2 Å². The van der Waals surface area contributed by atoms with Crippen LogP contribution in [-0.2, 0) is 14.6 Å². The Morgan fingerprint density at radius 2 is 1.86 bits per heavy atom. The van der Waals surface area contributed by atoms with E-state index < -0.39 is 9.84 Å². The lowest BCUT2D eigenvalue weighted by atomic mass is 9.84. The smallest absolute Gasteiger partial charge is 0.222 e. The standard InChI is InChI=1S/C15H30N2O3S/c1-5-21(19,20)11-13(3)17(4)15(18)10-12(2)14-6-8-16-9-7-14/h12-14,16H,5-11H2,1-4H3. The van der Waals surface area contributed by atoms with Gasteiger partial charge in [0.25, 0.3) is 0 Å². The third-order valence-corrected chi connectivity index (χ3v) is 6.54. The lowest BCUT2D eigenvalue weighted by Crippen LogP contribution is -2.41. The van der Waals surface area contributed by atoms with Crippen LogP contribution in [0.15, 0.2) is 0 Å². The molecule has 2 unspecified atom stereocenters. The van der Waals surface area contributed by atoms with E-state index in [-0.39, 0.29) is 23.5 Å². The van der Waals surface area contributed by atoms with Gasteiger partial charge in [-0.2, -0.15) is 0 Å². The highest BCUT2D eigenvalue weighted by Gasteiger charge is 2.26. The molecule has 0 saturated carbocycles. The number of sulfone groups is 1. The van der Waals surface area contributed by atoms with E-state index in [1.807, 2.05) is 0 Å². The molecule has 0 aromatic carbocycles. The first kappa shape index (κ1) is 18.4. The molecular formula is C15H30N2O3S. The molecule has 124 valence electrons. The molecule has 6 heteroatoms. The first-order valence-electron chi connectivity index (χ1n) is 7.93. The summed E-state index contributed by atoms with van der Waals surface area (Å²) in [6, 6.07) is -0.261. The molecule has 2 atom stereocenters. The number of nitrogens with one attached hydrogen (secondary N) is 1. The third kappa shape index (κ3) is 5.94. The summed E-state index contributed by atoms with van der Waals surface area (Å²) in [6.45, 7) is 7.65. The number of rotatable bonds is 7. The van der Waals surface area contributed by atoms with Crippen molar-refractivity contribution in [3.63, 3.8) is 0 Å². The zero-order valence-electron chi connectivity index (χ0n) is 13.8. The maximum atomic E-state index is 12.3. The molecule has 0 aromatic rings. The zero-order valence-corrected chi connectivity index (χ0v) is 14.6. The van der Waals surface area contributed by atoms with Crippen molar-refractivity contribution in [1.82, 2.24) is 10.2 Å². The van der Waals surface area contributed by atoms with Crippen LogP contribution >= 0.6 is 0 Å². The minimum Gasteiger partial charge on any atom is -0.342 e. The van der Waals surface area contributed by atoms with Crippen LogP contribution < -0.4 is 5.32 Å². The Bertz CT molecular complexity index is 430. The van der Waals surface area contributed by atoms with Gasteiger partial charge in [-0.1, -0.05) is 13.8 Å². The van der Waals surface area contributed by atoms with Crippen LogP contribution in [0.4, 0.5) is 0 Å². The van der Waals surface area contributed by atoms with Crippen LogP contribution in [0.2, 0.25) is 0 Å². The molecule has 1 aliphatic rings. The van der Waals surface area contributed by atoms with Crippen molar-refractivity contribution in [3.05, 3.63) is 0 Å². The minimum atomic E-state index is -3.05. The average Bonchev–Trinajstić information content (AvgIpc) is 2.46. The molecule has 1 aliphatic heterocycles. The zero-order chi connectivity index (χ0) is 16.0. The molecule has 1 amide bonds. The van der Waals surface area contributed by atoms with E-state index in [2.05, 4.69) is 12.2 Å². The molecule has 21 heavy (non-hydrogen) atoms. The second-order valence-electron chi connectivity index (χ2n) is 6.32. The summed E-state index contributed by atoms with van der Waals surface area (Å²) in [4.78, 5) is 13.9. The number of amides is 1. The highest BCUT2D eigenvalue weighted by Crippen LogP contribution is 2.25. The Balaban J connectivity index is 2.49. The van der Waals surface area contributed by atoms with Crippen molar-refractivity contribution in [2.24, 2.45) is 11.8 Å². The van der Waals surface area contributed by atoms with Crippen molar-refractivity contribution in [1.29, 1.82) is 0 Å². The molecule has 5 nitrogen and oxygen atoms in total. The molecule has 0 aliphatic carbocycles. The second-order valence-corrected chi connectivity index (χ2v) is 8.72. The lowest BCUT2D eigenvalue weighted by Gasteiger charge is -2.30. The van der Waals surface area contributed by atoms with Gasteiger partial charge in [0.2, 0.25) is 5.91 Å². The van der Waals surface area contributed by atoms with E-state index in [0.29, 0.717) is 18.3 Å². The summed E-state index contributed by atoms with van der Waals surface area (Å²) in [6.07, 6.45) is 2.76. The Kier molecular flexibility index (Phi) is 7.13. The molecule has 1 heterocycles. The first-order chi connectivity index (χ1) is 9.76. The summed E-state index contributed by atoms with van der Waals surface area (Å²) in [5.74, 6) is 1.19. The first-order valence-corrected chi connectivity index (χ1v) is 9.75. The molecule has 1 saturated heterocycles. The SMILES string of the molecule is CCS(=O)(=O)CC(C)N(C)C(=O)CC(C)C1CCNCC1. The van der Waals surface area contributed by atoms with E-state index in [4.69, 9.17) is 0 Å². The fourth-order valence-corrected chi connectivity index (χ4v) is 4.04. The highest BCUT2D eigenvalue weighted by atomic mass is 32.2. The molecule has 1 fully saturated rings. The summed E-state index contributed by atoms with van der Waals surface area (Å²) >= 11 is 0. The van der Waals surface area contributed by atoms with Crippen LogP contribution in [0.25, 0.3) is 0 Å². The van der Waals surface area contributed by atoms with Crippen molar-refractivity contribution in [3.8, 4) is 0 Å². The fourth-order valence-electron chi connectivity index (χ4n) is 2.84. The topological polar surface area (TPSA) is 66.5 Å². The van der Waals surface area contributed by atoms with Crippen molar-refractivity contribution in [2.45, 2.75) is 46.1 Å². The highest BCUT2D eigenvalue weighted by molar-refractivity contribution is 7.91. The van der Waals surface area contributed by atoms with Gasteiger partial charge in [0.1, 0.15) is 0 Å². The quantitative estimate of drug-likeness (QED) is 0.768. The summed E-state index contributed by atoms with van der Waals surface area (Å²) in [5, 5.41) is 3.33. The van der Waals surface area contributed by atoms with Gasteiger partial charge in [-0.3, -0.25) is 4.79 Å². The van der Waals surface area contributed by atoms with Crippen LogP contribution in [0.1, 0.15) is 40.0 Å². The maximum Gasteiger partial charge on any atom is 0.222 e. The van der Waals surface area contributed by atoms with Crippen LogP contribution in [0.3, 0.4) is 0 Å². The predicted octanol–water partition coefficient (Wildman–Crippen LogP) is 1.29. The van der Waals surface area contributed by atoms with Gasteiger partial charge >= 0.3 is 0 Å². The minimum absolute atomic E-state index is 0.0491. The summed E-state index contributed by atoms with van der Waals surface area (Å²) in [5.41, 5.74) is 0. The van der Waals surface area contributed by atoms with Crippen LogP contribution in [0.5, 0.6) is 0 Å². The second kappa shape index (κ2) is 8.13. The summed E-state index contributed by atoms with van der Waals surface area (Å²) in [7, 11) is -1.33. The van der Waals surface area contributed by atoms with E-state index in [1.54, 1.807) is 25.8 Å². The molecule has 0 aromatic heterocycles. The van der Waals surface area contributed by atoms with Crippen LogP contribution in [-0.4, -0.2) is 56.9 Å². The number of piperidine rings is 1. The van der Waals surface area contributed by atoms with Crippen molar-refractivity contribution >= 4 is 15.7 Å². The third-order valence-electron chi connectivity index (χ3n) is 4.67. The molecule has 0 radical (unpaired) electrons. The molecule has 0 spiro atoms. The Labute approximate surface area is 129 Å². The van der Waals surface area contributed by atoms with Gasteiger partial charge in [-0.05, 0) is 44.7 Å². The normalized spacial score (nSPS) is 20.0. The van der Waals surface area contributed by atoms with Crippen LogP contribution in [0, 0.1) is 11.8 Å². The predicted molar refractivity (Wildman–Crippen MR) is 85.9 cm³/mol. The van der Waals surface area contributed by atoms with Gasteiger partial charge in [0.15, 0.2) is 9.84 Å². The maximum absolute atomic E-state index is 12.3. The number of hydrogen-bond acceptors (Lipinski definition) is 4. The molecule has 0 bridgehead atoms.